The summed E-state index contributed by atoms with van der Waals surface area (Å²) in [4.78, 5) is 23.7. The molecule has 3 rings (SSSR count). The van der Waals surface area contributed by atoms with Crippen molar-refractivity contribution in [2.45, 2.75) is 57.4 Å². The summed E-state index contributed by atoms with van der Waals surface area (Å²) in [5.74, 6) is -0.853. The van der Waals surface area contributed by atoms with E-state index in [9.17, 15) is 14.7 Å². The zero-order chi connectivity index (χ0) is 17.2. The van der Waals surface area contributed by atoms with Gasteiger partial charge in [-0.3, -0.25) is 9.59 Å². The lowest BCUT2D eigenvalue weighted by molar-refractivity contribution is -0.141. The largest absolute Gasteiger partial charge is 0.481 e. The van der Waals surface area contributed by atoms with E-state index in [1.54, 1.807) is 6.08 Å². The van der Waals surface area contributed by atoms with Gasteiger partial charge < -0.3 is 10.2 Å². The Kier molecular flexibility index (Phi) is 3.73. The fourth-order valence-electron chi connectivity index (χ4n) is 5.94. The molecule has 3 aliphatic carbocycles. The summed E-state index contributed by atoms with van der Waals surface area (Å²) >= 11 is 6.69. The Morgan fingerprint density at radius 2 is 2.09 bits per heavy atom. The number of fused-ring (bicyclic) bond motifs is 1. The molecule has 0 heterocycles. The second-order valence-corrected chi connectivity index (χ2v) is 8.87. The summed E-state index contributed by atoms with van der Waals surface area (Å²) in [6.45, 7) is 5.79. The maximum Gasteiger partial charge on any atom is 0.303 e. The number of carbonyl (C=O) groups excluding carboxylic acids is 1. The number of hydrogen-bond donors (Lipinski definition) is 2. The van der Waals surface area contributed by atoms with E-state index in [-0.39, 0.29) is 40.7 Å². The Morgan fingerprint density at radius 1 is 1.43 bits per heavy atom. The van der Waals surface area contributed by atoms with Crippen molar-refractivity contribution in [2.75, 3.05) is 0 Å². The van der Waals surface area contributed by atoms with Crippen LogP contribution in [0.4, 0.5) is 0 Å². The lowest BCUT2D eigenvalue weighted by atomic mass is 9.49. The average Bonchev–Trinajstić information content (AvgIpc) is 2.68. The number of hydrogen-bond acceptors (Lipinski definition) is 3. The minimum Gasteiger partial charge on any atom is -0.481 e. The van der Waals surface area contributed by atoms with E-state index in [1.165, 1.54) is 0 Å². The molecule has 4 nitrogen and oxygen atoms in total. The standard InChI is InChI=1S/C18H25ClO4/c1-10-14(19)11-8-18(9-17(11,3)23)7-4-12(20)16(2,15(10)18)6-5-13(21)22/h4,7,10-11,14-15,23H,5-6,8-9H2,1-3H3,(H,21,22)/t10?,11?,14-,15?,16-,17?,18?/m1/s1. The first-order valence-electron chi connectivity index (χ1n) is 8.35. The quantitative estimate of drug-likeness (QED) is 0.774. The maximum absolute atomic E-state index is 12.7. The fraction of sp³-hybridized carbons (Fsp3) is 0.778. The number of rotatable bonds is 3. The predicted octanol–water partition coefficient (Wildman–Crippen LogP) is 3.02. The van der Waals surface area contributed by atoms with Crippen LogP contribution >= 0.6 is 11.6 Å². The Balaban J connectivity index is 2.07. The first-order chi connectivity index (χ1) is 10.5. The normalized spacial score (nSPS) is 51.6. The lowest BCUT2D eigenvalue weighted by Gasteiger charge is -2.54. The van der Waals surface area contributed by atoms with Crippen molar-refractivity contribution in [2.24, 2.45) is 28.6 Å². The van der Waals surface area contributed by atoms with Crippen LogP contribution < -0.4 is 0 Å². The molecule has 0 aromatic carbocycles. The molecule has 1 spiro atoms. The minimum absolute atomic E-state index is 0.00455. The maximum atomic E-state index is 12.7. The Hall–Kier alpha value is -0.870. The predicted molar refractivity (Wildman–Crippen MR) is 87.2 cm³/mol. The number of carbonyl (C=O) groups is 2. The molecule has 2 saturated carbocycles. The van der Waals surface area contributed by atoms with Crippen molar-refractivity contribution >= 4 is 23.4 Å². The number of carboxylic acid groups (broad SMARTS) is 1. The van der Waals surface area contributed by atoms with Gasteiger partial charge >= 0.3 is 5.97 Å². The summed E-state index contributed by atoms with van der Waals surface area (Å²) in [5, 5.41) is 19.7. The molecule has 0 radical (unpaired) electrons. The van der Waals surface area contributed by atoms with Crippen LogP contribution in [-0.2, 0) is 9.59 Å². The van der Waals surface area contributed by atoms with Gasteiger partial charge in [0.1, 0.15) is 0 Å². The lowest BCUT2D eigenvalue weighted by Crippen LogP contribution is -2.54. The number of halogens is 1. The third-order valence-electron chi connectivity index (χ3n) is 6.79. The summed E-state index contributed by atoms with van der Waals surface area (Å²) < 4.78 is 0. The van der Waals surface area contributed by atoms with Crippen LogP contribution in [0.3, 0.4) is 0 Å². The highest BCUT2D eigenvalue weighted by Gasteiger charge is 2.67. The van der Waals surface area contributed by atoms with Crippen LogP contribution in [0.2, 0.25) is 0 Å². The molecule has 0 aliphatic heterocycles. The van der Waals surface area contributed by atoms with E-state index in [0.717, 1.165) is 6.42 Å². The Morgan fingerprint density at radius 3 is 2.70 bits per heavy atom. The van der Waals surface area contributed by atoms with Gasteiger partial charge in [-0.1, -0.05) is 19.9 Å². The van der Waals surface area contributed by atoms with Gasteiger partial charge in [-0.05, 0) is 49.5 Å². The van der Waals surface area contributed by atoms with E-state index in [2.05, 4.69) is 6.92 Å². The first kappa shape index (κ1) is 17.0. The summed E-state index contributed by atoms with van der Waals surface area (Å²) in [6, 6.07) is 0. The molecule has 128 valence electrons. The van der Waals surface area contributed by atoms with Gasteiger partial charge in [0.2, 0.25) is 0 Å². The molecular weight excluding hydrogens is 316 g/mol. The minimum atomic E-state index is -0.884. The molecule has 23 heavy (non-hydrogen) atoms. The number of aliphatic hydroxyl groups is 1. The molecule has 3 aliphatic rings. The van der Waals surface area contributed by atoms with E-state index < -0.39 is 17.0 Å². The second-order valence-electron chi connectivity index (χ2n) is 8.37. The van der Waals surface area contributed by atoms with E-state index in [1.807, 2.05) is 19.9 Å². The molecule has 2 N–H and O–H groups in total. The topological polar surface area (TPSA) is 74.6 Å². The monoisotopic (exact) mass is 340 g/mol. The second kappa shape index (κ2) is 5.06. The SMILES string of the molecule is CC1C2C3(C=CC(=O)[C@@]2(C)CCC(=O)O)CC([C@@H]1Cl)C(C)(O)C3. The number of aliphatic carboxylic acids is 1. The zero-order valence-corrected chi connectivity index (χ0v) is 14.6. The van der Waals surface area contributed by atoms with Crippen molar-refractivity contribution in [1.29, 1.82) is 0 Å². The molecule has 2 bridgehead atoms. The smallest absolute Gasteiger partial charge is 0.303 e. The highest BCUT2D eigenvalue weighted by molar-refractivity contribution is 6.21. The zero-order valence-electron chi connectivity index (χ0n) is 13.9. The molecule has 5 heteroatoms. The van der Waals surface area contributed by atoms with Crippen molar-refractivity contribution < 1.29 is 19.8 Å². The van der Waals surface area contributed by atoms with Crippen LogP contribution in [0.1, 0.15) is 46.5 Å². The molecular formula is C18H25ClO4. The summed E-state index contributed by atoms with van der Waals surface area (Å²) in [6.07, 6.45) is 5.26. The number of ketones is 1. The van der Waals surface area contributed by atoms with Gasteiger partial charge in [0.25, 0.3) is 0 Å². The van der Waals surface area contributed by atoms with Crippen molar-refractivity contribution in [3.8, 4) is 0 Å². The van der Waals surface area contributed by atoms with E-state index >= 15 is 0 Å². The van der Waals surface area contributed by atoms with Gasteiger partial charge in [-0.15, -0.1) is 11.6 Å². The highest BCUT2D eigenvalue weighted by Crippen LogP contribution is 2.68. The van der Waals surface area contributed by atoms with Gasteiger partial charge in [0, 0.05) is 23.1 Å². The molecule has 5 unspecified atom stereocenters. The van der Waals surface area contributed by atoms with Gasteiger partial charge in [-0.25, -0.2) is 0 Å². The molecule has 2 fully saturated rings. The molecule has 0 amide bonds. The first-order valence-corrected chi connectivity index (χ1v) is 8.79. The van der Waals surface area contributed by atoms with Crippen LogP contribution in [0.15, 0.2) is 12.2 Å². The van der Waals surface area contributed by atoms with Crippen molar-refractivity contribution in [1.82, 2.24) is 0 Å². The molecule has 7 atom stereocenters. The third kappa shape index (κ3) is 2.29. The van der Waals surface area contributed by atoms with Crippen LogP contribution in [0.25, 0.3) is 0 Å². The van der Waals surface area contributed by atoms with Crippen molar-refractivity contribution in [3.05, 3.63) is 12.2 Å². The summed E-state index contributed by atoms with van der Waals surface area (Å²) in [5.41, 5.74) is -1.82. The van der Waals surface area contributed by atoms with Gasteiger partial charge in [0.15, 0.2) is 5.78 Å². The summed E-state index contributed by atoms with van der Waals surface area (Å²) in [7, 11) is 0. The molecule has 0 saturated heterocycles. The van der Waals surface area contributed by atoms with Crippen LogP contribution in [-0.4, -0.2) is 32.9 Å². The fourth-order valence-corrected chi connectivity index (χ4v) is 6.45. The van der Waals surface area contributed by atoms with Crippen LogP contribution in [0.5, 0.6) is 0 Å². The number of carboxylic acids is 1. The Bertz CT molecular complexity index is 584. The average molecular weight is 341 g/mol. The van der Waals surface area contributed by atoms with Gasteiger partial charge in [-0.2, -0.15) is 0 Å². The Labute approximate surface area is 141 Å². The van der Waals surface area contributed by atoms with E-state index in [0.29, 0.717) is 12.8 Å². The van der Waals surface area contributed by atoms with Crippen LogP contribution in [0, 0.1) is 28.6 Å². The molecule has 0 aromatic heterocycles. The highest BCUT2D eigenvalue weighted by atomic mass is 35.5. The van der Waals surface area contributed by atoms with E-state index in [4.69, 9.17) is 16.7 Å². The van der Waals surface area contributed by atoms with Crippen molar-refractivity contribution in [3.63, 3.8) is 0 Å². The number of allylic oxidation sites excluding steroid dienone is 2. The van der Waals surface area contributed by atoms with Gasteiger partial charge in [0.05, 0.1) is 5.60 Å². The molecule has 0 aromatic rings. The number of alkyl halides is 1. The third-order valence-corrected chi connectivity index (χ3v) is 7.49.